The lowest BCUT2D eigenvalue weighted by Crippen LogP contribution is -2.31. The third-order valence-corrected chi connectivity index (χ3v) is 10.2. The number of fused-ring (bicyclic) bond motifs is 4. The summed E-state index contributed by atoms with van der Waals surface area (Å²) >= 11 is 0. The number of hydrogen-bond acceptors (Lipinski definition) is 6. The molecule has 0 spiro atoms. The Labute approximate surface area is 303 Å². The summed E-state index contributed by atoms with van der Waals surface area (Å²) in [5.41, 5.74) is 3.75. The van der Waals surface area contributed by atoms with E-state index in [-0.39, 0.29) is 29.6 Å². The fourth-order valence-corrected chi connectivity index (χ4v) is 7.43. The van der Waals surface area contributed by atoms with Gasteiger partial charge in [0.15, 0.2) is 23.0 Å². The summed E-state index contributed by atoms with van der Waals surface area (Å²) < 4.78 is 10.7. The number of aliphatic hydroxyl groups excluding tert-OH is 1. The zero-order chi connectivity index (χ0) is 36.2. The monoisotopic (exact) mass is 692 g/mol. The molecule has 0 saturated heterocycles. The van der Waals surface area contributed by atoms with E-state index in [0.717, 1.165) is 33.0 Å². The average Bonchev–Trinajstić information content (AvgIpc) is 3.68. The van der Waals surface area contributed by atoms with Gasteiger partial charge in [0.25, 0.3) is 0 Å². The molecule has 0 aliphatic rings. The van der Waals surface area contributed by atoms with Gasteiger partial charge in [-0.2, -0.15) is 12.4 Å². The molecule has 3 N–H and O–H groups in total. The maximum absolute atomic E-state index is 14.3. The molecule has 0 saturated carbocycles. The Morgan fingerprint density at radius 2 is 1.19 bits per heavy atom. The Kier molecular flexibility index (Phi) is 10.1. The molecular weight excluding hydrogens is 650 g/mol. The number of aromatic hydroxyl groups is 2. The number of carbonyl (C=O) groups excluding carboxylic acids is 1. The summed E-state index contributed by atoms with van der Waals surface area (Å²) in [5.74, 6) is 0.0122. The van der Waals surface area contributed by atoms with Crippen LogP contribution in [0.5, 0.6) is 23.0 Å². The van der Waals surface area contributed by atoms with Crippen LogP contribution in [0.25, 0.3) is 32.3 Å². The average molecular weight is 693 g/mol. The highest BCUT2D eigenvalue weighted by Gasteiger charge is 2.28. The van der Waals surface area contributed by atoms with E-state index in [4.69, 9.17) is 9.47 Å². The summed E-state index contributed by atoms with van der Waals surface area (Å²) in [4.78, 5) is 18.6. The van der Waals surface area contributed by atoms with Gasteiger partial charge in [0, 0.05) is 12.3 Å². The molecule has 264 valence electrons. The number of aliphatic hydroxyl groups is 1. The van der Waals surface area contributed by atoms with Crippen LogP contribution in [0.1, 0.15) is 28.7 Å². The van der Waals surface area contributed by atoms with Crippen molar-refractivity contribution in [1.29, 1.82) is 0 Å². The lowest BCUT2D eigenvalue weighted by Gasteiger charge is -2.25. The maximum atomic E-state index is 14.3. The minimum absolute atomic E-state index is 0.0286. The maximum Gasteiger partial charge on any atom is 0.160 e. The first-order valence-electron chi connectivity index (χ1n) is 17.6. The van der Waals surface area contributed by atoms with Crippen molar-refractivity contribution in [2.24, 2.45) is 11.8 Å². The van der Waals surface area contributed by atoms with Crippen LogP contribution in [0.4, 0.5) is 0 Å². The van der Waals surface area contributed by atoms with Gasteiger partial charge in [-0.1, -0.05) is 78.4 Å². The number of nitrogens with zero attached hydrogens (tertiary/aromatic N) is 1. The zero-order valence-corrected chi connectivity index (χ0v) is 29.3. The van der Waals surface area contributed by atoms with Crippen molar-refractivity contribution >= 4 is 38.1 Å². The first kappa shape index (κ1) is 34.6. The second kappa shape index (κ2) is 15.2. The van der Waals surface area contributed by atoms with Crippen molar-refractivity contribution in [2.75, 3.05) is 14.2 Å². The molecule has 3 atom stereocenters. The molecule has 7 aromatic rings. The highest BCUT2D eigenvalue weighted by molar-refractivity contribution is 6.12. The molecule has 52 heavy (non-hydrogen) atoms. The molecule has 7 heteroatoms. The summed E-state index contributed by atoms with van der Waals surface area (Å²) in [6.07, 6.45) is 4.45. The summed E-state index contributed by atoms with van der Waals surface area (Å²) in [6, 6.07) is 35.8. The van der Waals surface area contributed by atoms with E-state index >= 15 is 0 Å². The highest BCUT2D eigenvalue weighted by Crippen LogP contribution is 2.33. The van der Waals surface area contributed by atoms with E-state index < -0.39 is 12.0 Å². The molecular formula is C45H42NO6-. The van der Waals surface area contributed by atoms with Crippen LogP contribution < -0.4 is 14.5 Å². The quantitative estimate of drug-likeness (QED) is 0.0776. The van der Waals surface area contributed by atoms with Crippen molar-refractivity contribution in [3.63, 3.8) is 0 Å². The van der Waals surface area contributed by atoms with Gasteiger partial charge in [-0.05, 0) is 117 Å². The van der Waals surface area contributed by atoms with Gasteiger partial charge in [0.1, 0.15) is 5.78 Å². The number of carbonyl (C=O) groups is 1. The molecule has 7 nitrogen and oxygen atoms in total. The Morgan fingerprint density at radius 1 is 0.615 bits per heavy atom. The van der Waals surface area contributed by atoms with Crippen LogP contribution in [0.15, 0.2) is 122 Å². The number of benzene rings is 6. The second-order valence-electron chi connectivity index (χ2n) is 13.7. The van der Waals surface area contributed by atoms with Crippen molar-refractivity contribution in [1.82, 2.24) is 4.98 Å². The minimum Gasteiger partial charge on any atom is -0.670 e. The topological polar surface area (TPSA) is 110 Å². The standard InChI is InChI=1S/C45H42NO6/c1-51-44-22-29(8-13-40(44)47)19-36(18-28-7-12-38-34(17-28)10-11-35-24-32-5-3-4-6-33(32)25-39(35)38)42(49)26-43(50)37(21-31-15-16-46-27-31)20-30-9-14-41(48)45(23-30)52-2/h3-17,22-25,27,36-37,43,47-48,50H,18-21,26H2,1-2H3/q-1/t36-,37+,43+/m0/s1. The van der Waals surface area contributed by atoms with E-state index in [9.17, 15) is 20.1 Å². The number of ketones is 1. The van der Waals surface area contributed by atoms with Gasteiger partial charge in [-0.15, -0.1) is 0 Å². The Morgan fingerprint density at radius 3 is 1.83 bits per heavy atom. The van der Waals surface area contributed by atoms with E-state index in [1.807, 2.05) is 18.2 Å². The number of rotatable bonds is 14. The number of ether oxygens (including phenoxy) is 2. The van der Waals surface area contributed by atoms with Crippen LogP contribution in [-0.2, 0) is 30.5 Å². The van der Waals surface area contributed by atoms with Gasteiger partial charge in [-0.3, -0.25) is 4.79 Å². The number of aromatic nitrogens is 1. The number of Topliss-reactive ketones (excluding diaryl/α,β-unsaturated/α-hetero) is 1. The van der Waals surface area contributed by atoms with Gasteiger partial charge in [-0.25, -0.2) is 0 Å². The molecule has 0 radical (unpaired) electrons. The van der Waals surface area contributed by atoms with E-state index in [1.165, 1.54) is 35.8 Å². The van der Waals surface area contributed by atoms with Crippen molar-refractivity contribution < 1.29 is 29.6 Å². The normalized spacial score (nSPS) is 13.3. The third kappa shape index (κ3) is 7.60. The highest BCUT2D eigenvalue weighted by atomic mass is 16.5. The smallest absolute Gasteiger partial charge is 0.160 e. The molecule has 0 amide bonds. The van der Waals surface area contributed by atoms with Crippen molar-refractivity contribution in [3.05, 3.63) is 144 Å². The predicted molar refractivity (Wildman–Crippen MR) is 205 cm³/mol. The van der Waals surface area contributed by atoms with Gasteiger partial charge < -0.3 is 29.8 Å². The summed E-state index contributed by atoms with van der Waals surface area (Å²) in [7, 11) is 3.01. The van der Waals surface area contributed by atoms with Crippen LogP contribution in [0, 0.1) is 11.8 Å². The molecule has 6 aromatic carbocycles. The number of phenols is 2. The largest absolute Gasteiger partial charge is 0.670 e. The number of hydrogen-bond donors (Lipinski definition) is 3. The molecule has 1 aromatic heterocycles. The summed E-state index contributed by atoms with van der Waals surface area (Å²) in [6.45, 7) is 0. The number of phenolic OH excluding ortho intramolecular Hbond substituents is 2. The summed E-state index contributed by atoms with van der Waals surface area (Å²) in [5, 5.41) is 39.2. The van der Waals surface area contributed by atoms with E-state index in [2.05, 4.69) is 71.7 Å². The fraction of sp³-hybridized carbons (Fsp3) is 0.222. The van der Waals surface area contributed by atoms with Gasteiger partial charge >= 0.3 is 0 Å². The Bertz CT molecular complexity index is 2350. The zero-order valence-electron chi connectivity index (χ0n) is 29.3. The molecule has 0 aliphatic carbocycles. The van der Waals surface area contributed by atoms with Crippen LogP contribution >= 0.6 is 0 Å². The minimum atomic E-state index is -0.933. The van der Waals surface area contributed by atoms with E-state index in [1.54, 1.807) is 36.7 Å². The SMILES string of the molecule is COc1cc(C[C@H](Cc2ccc3c(ccc4cc5ccccc5cc43)c2)C(=O)C[C@@H](O)[C@@H](Cc2cc[n-]c2)Cc2ccc(O)c(OC)c2)ccc1O. The van der Waals surface area contributed by atoms with Crippen molar-refractivity contribution in [3.8, 4) is 23.0 Å². The van der Waals surface area contributed by atoms with Crippen molar-refractivity contribution in [2.45, 2.75) is 38.2 Å². The first-order chi connectivity index (χ1) is 25.3. The Balaban J connectivity index is 1.18. The Hall–Kier alpha value is -5.79. The lowest BCUT2D eigenvalue weighted by atomic mass is 9.82. The molecule has 7 rings (SSSR count). The predicted octanol–water partition coefficient (Wildman–Crippen LogP) is 8.35. The first-order valence-corrected chi connectivity index (χ1v) is 17.6. The van der Waals surface area contributed by atoms with Gasteiger partial charge in [0.2, 0.25) is 0 Å². The lowest BCUT2D eigenvalue weighted by molar-refractivity contribution is -0.125. The number of methoxy groups -OCH3 is 2. The van der Waals surface area contributed by atoms with Crippen LogP contribution in [0.3, 0.4) is 0 Å². The molecule has 0 fully saturated rings. The molecule has 0 aliphatic heterocycles. The molecule has 1 heterocycles. The second-order valence-corrected chi connectivity index (χ2v) is 13.7. The van der Waals surface area contributed by atoms with Crippen LogP contribution in [0.2, 0.25) is 0 Å². The molecule has 0 bridgehead atoms. The van der Waals surface area contributed by atoms with E-state index in [0.29, 0.717) is 37.2 Å². The molecule has 0 unspecified atom stereocenters. The van der Waals surface area contributed by atoms with Crippen LogP contribution in [-0.4, -0.2) is 41.4 Å². The third-order valence-electron chi connectivity index (χ3n) is 10.2. The fourth-order valence-electron chi connectivity index (χ4n) is 7.43. The van der Waals surface area contributed by atoms with Gasteiger partial charge in [0.05, 0.1) is 20.3 Å².